The Labute approximate surface area is 141 Å². The maximum Gasteiger partial charge on any atom is 0.0733 e. The van der Waals surface area contributed by atoms with Crippen molar-refractivity contribution in [2.75, 3.05) is 0 Å². The number of hydrogen-bond acceptors (Lipinski definition) is 3. The summed E-state index contributed by atoms with van der Waals surface area (Å²) in [6.07, 6.45) is 3.66. The topological polar surface area (TPSA) is 51.3 Å². The number of rotatable bonds is 4. The molecule has 0 fully saturated rings. The van der Waals surface area contributed by atoms with E-state index < -0.39 is 0 Å². The molecule has 2 N–H and O–H groups in total. The minimum Gasteiger partial charge on any atom is -0.402 e. The fraction of sp³-hybridized carbons (Fsp3) is 0.0476. The van der Waals surface area contributed by atoms with Gasteiger partial charge in [-0.1, -0.05) is 55.1 Å². The zero-order valence-corrected chi connectivity index (χ0v) is 13.6. The highest BCUT2D eigenvalue weighted by molar-refractivity contribution is 6.17. The third kappa shape index (κ3) is 3.41. The van der Waals surface area contributed by atoms with Crippen LogP contribution >= 0.6 is 0 Å². The summed E-state index contributed by atoms with van der Waals surface area (Å²) in [7, 11) is 0. The van der Waals surface area contributed by atoms with Crippen molar-refractivity contribution in [2.24, 2.45) is 10.7 Å². The van der Waals surface area contributed by atoms with E-state index in [0.29, 0.717) is 11.4 Å². The van der Waals surface area contributed by atoms with Gasteiger partial charge in [0.1, 0.15) is 0 Å². The summed E-state index contributed by atoms with van der Waals surface area (Å²) in [5.41, 5.74) is 11.0. The molecule has 0 saturated carbocycles. The monoisotopic (exact) mass is 313 g/mol. The molecular formula is C21H19N3. The lowest BCUT2D eigenvalue weighted by Crippen LogP contribution is -2.04. The van der Waals surface area contributed by atoms with Crippen LogP contribution in [0.2, 0.25) is 0 Å². The van der Waals surface area contributed by atoms with Crippen LogP contribution in [0.3, 0.4) is 0 Å². The molecule has 24 heavy (non-hydrogen) atoms. The molecule has 0 unspecified atom stereocenters. The second kappa shape index (κ2) is 6.92. The van der Waals surface area contributed by atoms with E-state index in [1.807, 2.05) is 73.7 Å². The van der Waals surface area contributed by atoms with Crippen molar-refractivity contribution in [3.8, 4) is 0 Å². The Kier molecular flexibility index (Phi) is 4.52. The summed E-state index contributed by atoms with van der Waals surface area (Å²) < 4.78 is 0. The van der Waals surface area contributed by atoms with E-state index in [4.69, 9.17) is 10.7 Å². The van der Waals surface area contributed by atoms with Crippen LogP contribution in [-0.2, 0) is 0 Å². The highest BCUT2D eigenvalue weighted by Gasteiger charge is 2.08. The largest absolute Gasteiger partial charge is 0.402 e. The fourth-order valence-electron chi connectivity index (χ4n) is 2.55. The molecule has 0 spiro atoms. The van der Waals surface area contributed by atoms with Gasteiger partial charge in [-0.3, -0.25) is 4.98 Å². The maximum atomic E-state index is 5.92. The number of aliphatic imine (C=N–C) groups is 1. The molecule has 0 radical (unpaired) electrons. The van der Waals surface area contributed by atoms with Crippen molar-refractivity contribution in [3.05, 3.63) is 96.3 Å². The summed E-state index contributed by atoms with van der Waals surface area (Å²) in [5.74, 6) is 0. The highest BCUT2D eigenvalue weighted by Crippen LogP contribution is 2.21. The summed E-state index contributed by atoms with van der Waals surface area (Å²) in [4.78, 5) is 9.16. The number of nitrogens with zero attached hydrogens (tertiary/aromatic N) is 2. The van der Waals surface area contributed by atoms with Crippen molar-refractivity contribution in [1.29, 1.82) is 0 Å². The highest BCUT2D eigenvalue weighted by atomic mass is 14.8. The first-order valence-electron chi connectivity index (χ1n) is 7.76. The van der Waals surface area contributed by atoms with Gasteiger partial charge in [0.15, 0.2) is 0 Å². The van der Waals surface area contributed by atoms with Gasteiger partial charge in [-0.2, -0.15) is 0 Å². The molecule has 3 nitrogen and oxygen atoms in total. The molecule has 0 atom stereocenters. The fourth-order valence-corrected chi connectivity index (χ4v) is 2.55. The van der Waals surface area contributed by atoms with Crippen molar-refractivity contribution < 1.29 is 0 Å². The van der Waals surface area contributed by atoms with E-state index in [0.717, 1.165) is 27.7 Å². The number of nitrogens with two attached hydrogens (primary N) is 1. The van der Waals surface area contributed by atoms with Gasteiger partial charge in [-0.25, -0.2) is 4.99 Å². The summed E-state index contributed by atoms with van der Waals surface area (Å²) >= 11 is 0. The predicted molar refractivity (Wildman–Crippen MR) is 102 cm³/mol. The van der Waals surface area contributed by atoms with Crippen LogP contribution < -0.4 is 5.73 Å². The summed E-state index contributed by atoms with van der Waals surface area (Å²) in [6.45, 7) is 5.96. The first-order chi connectivity index (χ1) is 11.6. The van der Waals surface area contributed by atoms with Gasteiger partial charge in [0.05, 0.1) is 16.9 Å². The van der Waals surface area contributed by atoms with Gasteiger partial charge < -0.3 is 5.73 Å². The Balaban J connectivity index is 2.15. The second-order valence-electron chi connectivity index (χ2n) is 5.57. The van der Waals surface area contributed by atoms with E-state index in [1.54, 1.807) is 6.20 Å². The molecule has 0 saturated heterocycles. The number of hydrogen-bond donors (Lipinski definition) is 1. The molecule has 3 rings (SSSR count). The average Bonchev–Trinajstić information content (AvgIpc) is 2.61. The lowest BCUT2D eigenvalue weighted by atomic mass is 10.0. The zero-order valence-electron chi connectivity index (χ0n) is 13.6. The molecule has 2 aromatic carbocycles. The van der Waals surface area contributed by atoms with E-state index in [-0.39, 0.29) is 0 Å². The summed E-state index contributed by atoms with van der Waals surface area (Å²) in [6, 6.07) is 19.9. The first kappa shape index (κ1) is 15.7. The molecule has 3 aromatic rings. The molecule has 3 heteroatoms. The number of pyridine rings is 1. The predicted octanol–water partition coefficient (Wildman–Crippen LogP) is 4.56. The second-order valence-corrected chi connectivity index (χ2v) is 5.57. The van der Waals surface area contributed by atoms with E-state index in [9.17, 15) is 0 Å². The van der Waals surface area contributed by atoms with Gasteiger partial charge in [-0.05, 0) is 30.7 Å². The third-order valence-electron chi connectivity index (χ3n) is 3.65. The van der Waals surface area contributed by atoms with Crippen molar-refractivity contribution in [3.63, 3.8) is 0 Å². The van der Waals surface area contributed by atoms with Crippen LogP contribution in [0.15, 0.2) is 90.2 Å². The molecule has 0 aliphatic rings. The SMILES string of the molecule is C=C(/N=C(\C=C(\C)N)c1ccnc2ccccc12)c1ccccc1. The van der Waals surface area contributed by atoms with Gasteiger partial charge in [0.2, 0.25) is 0 Å². The van der Waals surface area contributed by atoms with Crippen LogP contribution in [0.25, 0.3) is 16.6 Å². The number of fused-ring (bicyclic) bond motifs is 1. The van der Waals surface area contributed by atoms with Crippen LogP contribution in [-0.4, -0.2) is 10.7 Å². The molecule has 1 heterocycles. The van der Waals surface area contributed by atoms with E-state index in [2.05, 4.69) is 11.6 Å². The van der Waals surface area contributed by atoms with Gasteiger partial charge in [0.25, 0.3) is 0 Å². The van der Waals surface area contributed by atoms with Crippen molar-refractivity contribution in [1.82, 2.24) is 4.98 Å². The lowest BCUT2D eigenvalue weighted by Gasteiger charge is -2.09. The Morgan fingerprint density at radius 1 is 1.04 bits per heavy atom. The van der Waals surface area contributed by atoms with Crippen molar-refractivity contribution in [2.45, 2.75) is 6.92 Å². The molecule has 0 amide bonds. The Bertz CT molecular complexity index is 928. The molecular weight excluding hydrogens is 294 g/mol. The molecule has 0 aliphatic heterocycles. The Morgan fingerprint density at radius 2 is 1.75 bits per heavy atom. The molecule has 1 aromatic heterocycles. The van der Waals surface area contributed by atoms with Gasteiger partial charge in [0, 0.05) is 22.8 Å². The van der Waals surface area contributed by atoms with Gasteiger partial charge >= 0.3 is 0 Å². The standard InChI is InChI=1S/C21H19N3/c1-15(22)14-21(24-16(2)17-8-4-3-5-9-17)19-12-13-23-20-11-7-6-10-18(19)20/h3-14H,2,22H2,1H3/b15-14-,24-21+. The minimum absolute atomic E-state index is 0.690. The van der Waals surface area contributed by atoms with Crippen LogP contribution in [0.5, 0.6) is 0 Å². The summed E-state index contributed by atoms with van der Waals surface area (Å²) in [5, 5.41) is 1.04. The third-order valence-corrected chi connectivity index (χ3v) is 3.65. The maximum absolute atomic E-state index is 5.92. The lowest BCUT2D eigenvalue weighted by molar-refractivity contribution is 1.32. The first-order valence-corrected chi connectivity index (χ1v) is 7.76. The Hall–Kier alpha value is -3.20. The van der Waals surface area contributed by atoms with E-state index in [1.165, 1.54) is 0 Å². The molecule has 118 valence electrons. The van der Waals surface area contributed by atoms with Crippen LogP contribution in [0.4, 0.5) is 0 Å². The molecule has 0 aliphatic carbocycles. The van der Waals surface area contributed by atoms with Crippen LogP contribution in [0.1, 0.15) is 18.1 Å². The zero-order chi connectivity index (χ0) is 16.9. The van der Waals surface area contributed by atoms with E-state index >= 15 is 0 Å². The molecule has 0 bridgehead atoms. The van der Waals surface area contributed by atoms with Crippen LogP contribution in [0, 0.1) is 0 Å². The number of para-hydroxylation sites is 1. The quantitative estimate of drug-likeness (QED) is 0.718. The Morgan fingerprint density at radius 3 is 2.50 bits per heavy atom. The normalized spacial score (nSPS) is 12.4. The van der Waals surface area contributed by atoms with Crippen molar-refractivity contribution >= 4 is 22.3 Å². The average molecular weight is 313 g/mol. The number of benzene rings is 2. The smallest absolute Gasteiger partial charge is 0.0733 e. The number of allylic oxidation sites excluding steroid dienone is 2. The minimum atomic E-state index is 0.690. The number of aromatic nitrogens is 1. The van der Waals surface area contributed by atoms with Gasteiger partial charge in [-0.15, -0.1) is 0 Å².